The Morgan fingerprint density at radius 3 is 2.75 bits per heavy atom. The second-order valence-corrected chi connectivity index (χ2v) is 5.92. The van der Waals surface area contributed by atoms with Crippen molar-refractivity contribution >= 4 is 33.7 Å². The molecule has 1 atom stereocenters. The molecular formula is C12H13BrO2S. The monoisotopic (exact) mass is 300 g/mol. The lowest BCUT2D eigenvalue weighted by atomic mass is 10.2. The van der Waals surface area contributed by atoms with Gasteiger partial charge in [0.1, 0.15) is 5.25 Å². The van der Waals surface area contributed by atoms with Gasteiger partial charge in [-0.25, -0.2) is 0 Å². The molecule has 1 heterocycles. The molecule has 1 aromatic rings. The zero-order chi connectivity index (χ0) is 11.4. The number of benzene rings is 1. The summed E-state index contributed by atoms with van der Waals surface area (Å²) in [6.45, 7) is 0.592. The molecule has 0 radical (unpaired) electrons. The SMILES string of the molecule is O=C1OCCC1SCCc1ccc(Br)cc1. The Morgan fingerprint density at radius 2 is 2.12 bits per heavy atom. The van der Waals surface area contributed by atoms with E-state index in [0.717, 1.165) is 23.1 Å². The third-order valence-electron chi connectivity index (χ3n) is 2.51. The number of carbonyl (C=O) groups is 1. The van der Waals surface area contributed by atoms with Gasteiger partial charge in [0.2, 0.25) is 0 Å². The highest BCUT2D eigenvalue weighted by Crippen LogP contribution is 2.22. The standard InChI is InChI=1S/C12H13BrO2S/c13-10-3-1-9(2-4-10)6-8-16-11-5-7-15-12(11)14/h1-4,11H,5-8H2. The van der Waals surface area contributed by atoms with Gasteiger partial charge in [-0.2, -0.15) is 0 Å². The summed E-state index contributed by atoms with van der Waals surface area (Å²) in [5, 5.41) is 0.0652. The second-order valence-electron chi connectivity index (χ2n) is 3.69. The lowest BCUT2D eigenvalue weighted by Crippen LogP contribution is -2.10. The minimum absolute atomic E-state index is 0.0409. The average molecular weight is 301 g/mol. The molecule has 1 saturated heterocycles. The topological polar surface area (TPSA) is 26.3 Å². The Morgan fingerprint density at radius 1 is 1.38 bits per heavy atom. The first-order valence-corrected chi connectivity index (χ1v) is 7.12. The molecule has 0 aliphatic carbocycles. The smallest absolute Gasteiger partial charge is 0.319 e. The van der Waals surface area contributed by atoms with E-state index in [1.807, 2.05) is 12.1 Å². The molecular weight excluding hydrogens is 288 g/mol. The highest BCUT2D eigenvalue weighted by atomic mass is 79.9. The fourth-order valence-corrected chi connectivity index (χ4v) is 2.97. The van der Waals surface area contributed by atoms with Gasteiger partial charge in [-0.1, -0.05) is 28.1 Å². The summed E-state index contributed by atoms with van der Waals surface area (Å²) in [6, 6.07) is 8.31. The van der Waals surface area contributed by atoms with Crippen LogP contribution >= 0.6 is 27.7 Å². The molecule has 2 rings (SSSR count). The fourth-order valence-electron chi connectivity index (χ4n) is 1.60. The lowest BCUT2D eigenvalue weighted by Gasteiger charge is -2.05. The zero-order valence-corrected chi connectivity index (χ0v) is 11.2. The summed E-state index contributed by atoms with van der Waals surface area (Å²) in [5.74, 6) is 0.933. The van der Waals surface area contributed by atoms with E-state index in [1.54, 1.807) is 11.8 Å². The van der Waals surface area contributed by atoms with Crippen LogP contribution in [-0.4, -0.2) is 23.6 Å². The van der Waals surface area contributed by atoms with Crippen LogP contribution in [0.3, 0.4) is 0 Å². The number of esters is 1. The number of cyclic esters (lactones) is 1. The van der Waals surface area contributed by atoms with Crippen LogP contribution in [0.5, 0.6) is 0 Å². The third kappa shape index (κ3) is 3.25. The van der Waals surface area contributed by atoms with Gasteiger partial charge in [0.25, 0.3) is 0 Å². The number of rotatable bonds is 4. The first-order valence-electron chi connectivity index (χ1n) is 5.28. The first kappa shape index (κ1) is 12.0. The maximum Gasteiger partial charge on any atom is 0.319 e. The number of hydrogen-bond acceptors (Lipinski definition) is 3. The minimum Gasteiger partial charge on any atom is -0.465 e. The Hall–Kier alpha value is -0.480. The Balaban J connectivity index is 1.75. The molecule has 1 fully saturated rings. The summed E-state index contributed by atoms with van der Waals surface area (Å²) >= 11 is 5.11. The largest absolute Gasteiger partial charge is 0.465 e. The Labute approximate surface area is 108 Å². The molecule has 0 saturated carbocycles. The van der Waals surface area contributed by atoms with E-state index >= 15 is 0 Å². The van der Waals surface area contributed by atoms with Gasteiger partial charge in [0, 0.05) is 10.9 Å². The fraction of sp³-hybridized carbons (Fsp3) is 0.417. The predicted molar refractivity (Wildman–Crippen MR) is 69.7 cm³/mol. The summed E-state index contributed by atoms with van der Waals surface area (Å²) in [7, 11) is 0. The maximum atomic E-state index is 11.2. The van der Waals surface area contributed by atoms with Crippen molar-refractivity contribution in [2.24, 2.45) is 0 Å². The van der Waals surface area contributed by atoms with Gasteiger partial charge in [-0.15, -0.1) is 11.8 Å². The Bertz CT molecular complexity index is 364. The van der Waals surface area contributed by atoms with Crippen LogP contribution in [-0.2, 0) is 16.0 Å². The van der Waals surface area contributed by atoms with Gasteiger partial charge in [-0.3, -0.25) is 4.79 Å². The van der Waals surface area contributed by atoms with Crippen molar-refractivity contribution in [3.63, 3.8) is 0 Å². The molecule has 1 aliphatic rings. The molecule has 0 N–H and O–H groups in total. The molecule has 1 unspecified atom stereocenters. The summed E-state index contributed by atoms with van der Waals surface area (Å²) in [5.41, 5.74) is 1.31. The van der Waals surface area contributed by atoms with Gasteiger partial charge in [0.05, 0.1) is 6.61 Å². The highest BCUT2D eigenvalue weighted by molar-refractivity contribution is 9.10. The van der Waals surface area contributed by atoms with E-state index in [2.05, 4.69) is 28.1 Å². The van der Waals surface area contributed by atoms with Crippen LogP contribution in [0.4, 0.5) is 0 Å². The predicted octanol–water partition coefficient (Wildman–Crippen LogP) is 3.04. The number of aryl methyl sites for hydroxylation is 1. The highest BCUT2D eigenvalue weighted by Gasteiger charge is 2.26. The third-order valence-corrected chi connectivity index (χ3v) is 4.31. The maximum absolute atomic E-state index is 11.2. The molecule has 0 amide bonds. The molecule has 16 heavy (non-hydrogen) atoms. The van der Waals surface area contributed by atoms with Crippen LogP contribution in [0.2, 0.25) is 0 Å². The van der Waals surface area contributed by atoms with Crippen molar-refractivity contribution in [3.05, 3.63) is 34.3 Å². The quantitative estimate of drug-likeness (QED) is 0.800. The van der Waals surface area contributed by atoms with Crippen LogP contribution in [0, 0.1) is 0 Å². The van der Waals surface area contributed by atoms with E-state index in [1.165, 1.54) is 5.56 Å². The van der Waals surface area contributed by atoms with Crippen molar-refractivity contribution in [2.75, 3.05) is 12.4 Å². The van der Waals surface area contributed by atoms with Gasteiger partial charge >= 0.3 is 5.97 Å². The number of halogens is 1. The number of carbonyl (C=O) groups excluding carboxylic acids is 1. The normalized spacial score (nSPS) is 19.8. The molecule has 1 aliphatic heterocycles. The van der Waals surface area contributed by atoms with Crippen molar-refractivity contribution in [3.8, 4) is 0 Å². The summed E-state index contributed by atoms with van der Waals surface area (Å²) in [6.07, 6.45) is 1.87. The van der Waals surface area contributed by atoms with Crippen molar-refractivity contribution in [2.45, 2.75) is 18.1 Å². The molecule has 0 aromatic heterocycles. The molecule has 0 spiro atoms. The summed E-state index contributed by atoms with van der Waals surface area (Å²) < 4.78 is 6.02. The lowest BCUT2D eigenvalue weighted by molar-refractivity contribution is -0.137. The minimum atomic E-state index is -0.0409. The van der Waals surface area contributed by atoms with E-state index < -0.39 is 0 Å². The van der Waals surface area contributed by atoms with Crippen LogP contribution < -0.4 is 0 Å². The number of ether oxygens (including phenoxy) is 1. The van der Waals surface area contributed by atoms with Crippen molar-refractivity contribution in [1.29, 1.82) is 0 Å². The van der Waals surface area contributed by atoms with Gasteiger partial charge < -0.3 is 4.74 Å². The van der Waals surface area contributed by atoms with E-state index in [4.69, 9.17) is 4.74 Å². The average Bonchev–Trinajstić information content (AvgIpc) is 2.68. The Kier molecular flexibility index (Phi) is 4.29. The first-order chi connectivity index (χ1) is 7.75. The summed E-state index contributed by atoms with van der Waals surface area (Å²) in [4.78, 5) is 11.2. The second kappa shape index (κ2) is 5.73. The van der Waals surface area contributed by atoms with Crippen molar-refractivity contribution in [1.82, 2.24) is 0 Å². The van der Waals surface area contributed by atoms with Crippen LogP contribution in [0.25, 0.3) is 0 Å². The number of thioether (sulfide) groups is 1. The van der Waals surface area contributed by atoms with Gasteiger partial charge in [-0.05, 0) is 29.9 Å². The van der Waals surface area contributed by atoms with E-state index in [0.29, 0.717) is 6.61 Å². The molecule has 0 bridgehead atoms. The van der Waals surface area contributed by atoms with Crippen molar-refractivity contribution < 1.29 is 9.53 Å². The van der Waals surface area contributed by atoms with E-state index in [9.17, 15) is 4.79 Å². The van der Waals surface area contributed by atoms with E-state index in [-0.39, 0.29) is 11.2 Å². The molecule has 1 aromatic carbocycles. The van der Waals surface area contributed by atoms with Gasteiger partial charge in [0.15, 0.2) is 0 Å². The molecule has 4 heteroatoms. The zero-order valence-electron chi connectivity index (χ0n) is 8.82. The number of hydrogen-bond donors (Lipinski definition) is 0. The molecule has 2 nitrogen and oxygen atoms in total. The van der Waals surface area contributed by atoms with Crippen LogP contribution in [0.1, 0.15) is 12.0 Å². The van der Waals surface area contributed by atoms with Crippen LogP contribution in [0.15, 0.2) is 28.7 Å². The molecule has 86 valence electrons.